The summed E-state index contributed by atoms with van der Waals surface area (Å²) < 4.78 is 2.02. The first-order valence-corrected chi connectivity index (χ1v) is 11.3. The summed E-state index contributed by atoms with van der Waals surface area (Å²) in [5.74, 6) is 0.895. The Balaban J connectivity index is 1.50. The van der Waals surface area contributed by atoms with E-state index in [0.29, 0.717) is 10.7 Å². The third-order valence-electron chi connectivity index (χ3n) is 5.32. The molecule has 6 nitrogen and oxygen atoms in total. The summed E-state index contributed by atoms with van der Waals surface area (Å²) in [4.78, 5) is 17.5. The highest BCUT2D eigenvalue weighted by atomic mass is 32.2. The number of aromatic nitrogens is 4. The molecule has 1 N–H and O–H groups in total. The van der Waals surface area contributed by atoms with Crippen molar-refractivity contribution in [2.75, 3.05) is 11.1 Å². The van der Waals surface area contributed by atoms with Gasteiger partial charge in [-0.05, 0) is 37.1 Å². The third kappa shape index (κ3) is 3.71. The van der Waals surface area contributed by atoms with Crippen molar-refractivity contribution < 1.29 is 4.79 Å². The number of nitrogens with one attached hydrogen (secondary N) is 1. The van der Waals surface area contributed by atoms with E-state index in [9.17, 15) is 4.79 Å². The van der Waals surface area contributed by atoms with E-state index in [1.54, 1.807) is 0 Å². The number of rotatable bonds is 5. The molecule has 0 bridgehead atoms. The summed E-state index contributed by atoms with van der Waals surface area (Å²) in [7, 11) is 0. The van der Waals surface area contributed by atoms with Crippen LogP contribution in [0.2, 0.25) is 0 Å². The summed E-state index contributed by atoms with van der Waals surface area (Å²) in [5.41, 5.74) is 6.32. The van der Waals surface area contributed by atoms with Crippen molar-refractivity contribution in [2.24, 2.45) is 0 Å². The van der Waals surface area contributed by atoms with E-state index in [1.807, 2.05) is 91.0 Å². The molecule has 0 atom stereocenters. The molecule has 0 aliphatic heterocycles. The number of hydrogen-bond acceptors (Lipinski definition) is 5. The number of anilines is 1. The van der Waals surface area contributed by atoms with Gasteiger partial charge in [-0.25, -0.2) is 4.98 Å². The number of fused-ring (bicyclic) bond motifs is 3. The molecular formula is C25H21N5OS. The smallest absolute Gasteiger partial charge is 0.234 e. The highest BCUT2D eigenvalue weighted by Crippen LogP contribution is 2.29. The molecule has 0 spiro atoms. The second-order valence-corrected chi connectivity index (χ2v) is 8.52. The van der Waals surface area contributed by atoms with E-state index in [0.717, 1.165) is 39.2 Å². The average molecular weight is 440 g/mol. The largest absolute Gasteiger partial charge is 0.325 e. The molecule has 3 aromatic carbocycles. The second kappa shape index (κ2) is 8.43. The Labute approximate surface area is 189 Å². The zero-order valence-electron chi connectivity index (χ0n) is 17.7. The van der Waals surface area contributed by atoms with Gasteiger partial charge in [0, 0.05) is 11.3 Å². The molecule has 5 aromatic rings. The van der Waals surface area contributed by atoms with Gasteiger partial charge < -0.3 is 5.32 Å². The Morgan fingerprint density at radius 1 is 0.906 bits per heavy atom. The van der Waals surface area contributed by atoms with Crippen LogP contribution in [-0.2, 0) is 4.79 Å². The van der Waals surface area contributed by atoms with E-state index in [1.165, 1.54) is 11.8 Å². The third-order valence-corrected chi connectivity index (χ3v) is 6.27. The standard InChI is InChI=1S/C25H21N5OS/c1-16-9-8-10-17(2)22(16)27-21(31)15-32-25-24-29-28-23(18-11-4-3-5-12-18)30(24)20-14-7-6-13-19(20)26-25/h3-14H,15H2,1-2H3,(H,27,31). The maximum absolute atomic E-state index is 12.7. The summed E-state index contributed by atoms with van der Waals surface area (Å²) in [5, 5.41) is 12.6. The van der Waals surface area contributed by atoms with Crippen LogP contribution in [0.15, 0.2) is 77.8 Å². The minimum atomic E-state index is -0.0803. The molecule has 158 valence electrons. The number of carbonyl (C=O) groups is 1. The lowest BCUT2D eigenvalue weighted by Crippen LogP contribution is -2.16. The fourth-order valence-corrected chi connectivity index (χ4v) is 4.51. The number of aryl methyl sites for hydroxylation is 2. The van der Waals surface area contributed by atoms with Crippen LogP contribution in [0, 0.1) is 13.8 Å². The van der Waals surface area contributed by atoms with Crippen LogP contribution in [0.25, 0.3) is 28.1 Å². The van der Waals surface area contributed by atoms with Crippen LogP contribution in [0.1, 0.15) is 11.1 Å². The molecule has 0 saturated heterocycles. The van der Waals surface area contributed by atoms with Gasteiger partial charge in [0.25, 0.3) is 0 Å². The highest BCUT2D eigenvalue weighted by molar-refractivity contribution is 8.00. The zero-order valence-corrected chi connectivity index (χ0v) is 18.6. The number of benzene rings is 3. The Kier molecular flexibility index (Phi) is 5.33. The van der Waals surface area contributed by atoms with Gasteiger partial charge in [0.05, 0.1) is 16.8 Å². The molecule has 0 saturated carbocycles. The van der Waals surface area contributed by atoms with Crippen LogP contribution in [0.4, 0.5) is 5.69 Å². The molecule has 7 heteroatoms. The van der Waals surface area contributed by atoms with E-state index in [2.05, 4.69) is 15.5 Å². The van der Waals surface area contributed by atoms with Gasteiger partial charge in [-0.2, -0.15) is 0 Å². The maximum Gasteiger partial charge on any atom is 0.234 e. The van der Waals surface area contributed by atoms with Crippen molar-refractivity contribution in [2.45, 2.75) is 18.9 Å². The minimum Gasteiger partial charge on any atom is -0.325 e. The van der Waals surface area contributed by atoms with Crippen LogP contribution < -0.4 is 5.32 Å². The SMILES string of the molecule is Cc1cccc(C)c1NC(=O)CSc1nc2ccccc2n2c(-c3ccccc3)nnc12. The fourth-order valence-electron chi connectivity index (χ4n) is 3.75. The van der Waals surface area contributed by atoms with Crippen molar-refractivity contribution in [3.8, 4) is 11.4 Å². The molecular weight excluding hydrogens is 418 g/mol. The Hall–Kier alpha value is -3.71. The quantitative estimate of drug-likeness (QED) is 0.377. The molecule has 2 heterocycles. The van der Waals surface area contributed by atoms with Crippen molar-refractivity contribution >= 4 is 40.0 Å². The van der Waals surface area contributed by atoms with Crippen LogP contribution in [-0.4, -0.2) is 31.2 Å². The van der Waals surface area contributed by atoms with Crippen molar-refractivity contribution in [1.29, 1.82) is 0 Å². The fraction of sp³-hybridized carbons (Fsp3) is 0.120. The second-order valence-electron chi connectivity index (χ2n) is 7.56. The number of carbonyl (C=O) groups excluding carboxylic acids is 1. The molecule has 5 rings (SSSR count). The van der Waals surface area contributed by atoms with Crippen molar-refractivity contribution in [3.05, 3.63) is 83.9 Å². The predicted molar refractivity (Wildman–Crippen MR) is 129 cm³/mol. The van der Waals surface area contributed by atoms with Crippen molar-refractivity contribution in [3.63, 3.8) is 0 Å². The normalized spacial score (nSPS) is 11.2. The first-order valence-electron chi connectivity index (χ1n) is 10.3. The summed E-state index contributed by atoms with van der Waals surface area (Å²) in [6.45, 7) is 3.98. The minimum absolute atomic E-state index is 0.0803. The number of nitrogens with zero attached hydrogens (tertiary/aromatic N) is 4. The Morgan fingerprint density at radius 2 is 1.62 bits per heavy atom. The van der Waals surface area contributed by atoms with Gasteiger partial charge in [0.1, 0.15) is 5.03 Å². The van der Waals surface area contributed by atoms with E-state index in [-0.39, 0.29) is 11.7 Å². The topological polar surface area (TPSA) is 72.2 Å². The Morgan fingerprint density at radius 3 is 2.41 bits per heavy atom. The summed E-state index contributed by atoms with van der Waals surface area (Å²) in [6.07, 6.45) is 0. The lowest BCUT2D eigenvalue weighted by Gasteiger charge is -2.12. The Bertz CT molecular complexity index is 1430. The van der Waals surface area contributed by atoms with Gasteiger partial charge in [0.15, 0.2) is 11.5 Å². The number of thioether (sulfide) groups is 1. The van der Waals surface area contributed by atoms with Crippen molar-refractivity contribution in [1.82, 2.24) is 19.6 Å². The molecule has 0 radical (unpaired) electrons. The lowest BCUT2D eigenvalue weighted by molar-refractivity contribution is -0.113. The number of para-hydroxylation sites is 3. The van der Waals surface area contributed by atoms with Crippen LogP contribution >= 0.6 is 11.8 Å². The molecule has 0 unspecified atom stereocenters. The average Bonchev–Trinajstić information content (AvgIpc) is 3.26. The lowest BCUT2D eigenvalue weighted by atomic mass is 10.1. The summed E-state index contributed by atoms with van der Waals surface area (Å²) >= 11 is 1.37. The molecule has 0 fully saturated rings. The molecule has 1 amide bonds. The molecule has 2 aromatic heterocycles. The molecule has 0 aliphatic rings. The van der Waals surface area contributed by atoms with Crippen LogP contribution in [0.5, 0.6) is 0 Å². The first-order chi connectivity index (χ1) is 15.6. The maximum atomic E-state index is 12.7. The van der Waals surface area contributed by atoms with Gasteiger partial charge in [-0.3, -0.25) is 9.20 Å². The van der Waals surface area contributed by atoms with E-state index >= 15 is 0 Å². The predicted octanol–water partition coefficient (Wildman–Crippen LogP) is 5.29. The highest BCUT2D eigenvalue weighted by Gasteiger charge is 2.17. The summed E-state index contributed by atoms with van der Waals surface area (Å²) in [6, 6.07) is 23.8. The van der Waals surface area contributed by atoms with E-state index < -0.39 is 0 Å². The van der Waals surface area contributed by atoms with Gasteiger partial charge in [-0.15, -0.1) is 10.2 Å². The monoisotopic (exact) mass is 439 g/mol. The first kappa shape index (κ1) is 20.2. The molecule has 32 heavy (non-hydrogen) atoms. The van der Waals surface area contributed by atoms with Crippen LogP contribution in [0.3, 0.4) is 0 Å². The van der Waals surface area contributed by atoms with Gasteiger partial charge in [-0.1, -0.05) is 72.4 Å². The number of hydrogen-bond donors (Lipinski definition) is 1. The van der Waals surface area contributed by atoms with Gasteiger partial charge >= 0.3 is 0 Å². The van der Waals surface area contributed by atoms with Gasteiger partial charge in [0.2, 0.25) is 5.91 Å². The molecule has 0 aliphatic carbocycles. The number of amides is 1. The zero-order chi connectivity index (χ0) is 22.1. The van der Waals surface area contributed by atoms with E-state index in [4.69, 9.17) is 4.98 Å².